The van der Waals surface area contributed by atoms with Crippen LogP contribution in [0.3, 0.4) is 0 Å². The van der Waals surface area contributed by atoms with E-state index in [4.69, 9.17) is 5.73 Å². The fourth-order valence-electron chi connectivity index (χ4n) is 1.59. The topological polar surface area (TPSA) is 64.4 Å². The lowest BCUT2D eigenvalue weighted by Crippen LogP contribution is -2.36. The molecule has 112 valence electrons. The maximum absolute atomic E-state index is 12.0. The molecule has 7 heteroatoms. The Balaban J connectivity index is 2.59. The number of ether oxygens (including phenoxy) is 1. The van der Waals surface area contributed by atoms with Gasteiger partial charge in [0.05, 0.1) is 6.04 Å². The van der Waals surface area contributed by atoms with E-state index in [1.807, 2.05) is 13.8 Å². The van der Waals surface area contributed by atoms with Crippen LogP contribution in [0.15, 0.2) is 24.3 Å². The number of benzene rings is 1. The first-order valence-corrected chi connectivity index (χ1v) is 6.09. The van der Waals surface area contributed by atoms with Crippen LogP contribution in [0.5, 0.6) is 5.75 Å². The first-order valence-electron chi connectivity index (χ1n) is 6.09. The Morgan fingerprint density at radius 1 is 1.30 bits per heavy atom. The minimum atomic E-state index is -4.73. The van der Waals surface area contributed by atoms with Crippen LogP contribution >= 0.6 is 0 Å². The molecule has 1 atom stereocenters. The van der Waals surface area contributed by atoms with Gasteiger partial charge in [-0.15, -0.1) is 13.2 Å². The Bertz CT molecular complexity index is 444. The minimum Gasteiger partial charge on any atom is -0.406 e. The van der Waals surface area contributed by atoms with E-state index >= 15 is 0 Å². The summed E-state index contributed by atoms with van der Waals surface area (Å²) in [7, 11) is 0. The molecule has 3 N–H and O–H groups in total. The second kappa shape index (κ2) is 6.60. The molecule has 1 aromatic carbocycles. The normalized spacial score (nSPS) is 13.2. The van der Waals surface area contributed by atoms with Crippen molar-refractivity contribution in [2.24, 2.45) is 11.7 Å². The Labute approximate surface area is 115 Å². The molecule has 0 spiro atoms. The highest BCUT2D eigenvalue weighted by Crippen LogP contribution is 2.24. The zero-order valence-electron chi connectivity index (χ0n) is 11.2. The van der Waals surface area contributed by atoms with Crippen LogP contribution in [-0.2, 0) is 4.79 Å². The first-order chi connectivity index (χ1) is 9.17. The van der Waals surface area contributed by atoms with Gasteiger partial charge in [-0.25, -0.2) is 0 Å². The van der Waals surface area contributed by atoms with Crippen molar-refractivity contribution >= 4 is 11.6 Å². The van der Waals surface area contributed by atoms with Crippen molar-refractivity contribution in [2.75, 3.05) is 5.32 Å². The monoisotopic (exact) mass is 290 g/mol. The molecule has 0 bridgehead atoms. The van der Waals surface area contributed by atoms with Gasteiger partial charge in [-0.2, -0.15) is 0 Å². The van der Waals surface area contributed by atoms with Gasteiger partial charge < -0.3 is 15.8 Å². The molecule has 1 amide bonds. The number of alkyl halides is 3. The van der Waals surface area contributed by atoms with Gasteiger partial charge in [-0.3, -0.25) is 4.79 Å². The average Bonchev–Trinajstić information content (AvgIpc) is 2.28. The molecule has 0 radical (unpaired) electrons. The second-order valence-electron chi connectivity index (χ2n) is 4.80. The number of hydrogen-bond acceptors (Lipinski definition) is 3. The zero-order valence-corrected chi connectivity index (χ0v) is 11.2. The Hall–Kier alpha value is -1.76. The molecule has 4 nitrogen and oxygen atoms in total. The van der Waals surface area contributed by atoms with Gasteiger partial charge in [0.2, 0.25) is 5.91 Å². The van der Waals surface area contributed by atoms with E-state index in [2.05, 4.69) is 10.1 Å². The largest absolute Gasteiger partial charge is 0.573 e. The van der Waals surface area contributed by atoms with Gasteiger partial charge in [0.1, 0.15) is 5.75 Å². The van der Waals surface area contributed by atoms with Crippen LogP contribution in [0.25, 0.3) is 0 Å². The number of halogens is 3. The quantitative estimate of drug-likeness (QED) is 0.876. The third-order valence-corrected chi connectivity index (χ3v) is 2.42. The van der Waals surface area contributed by atoms with Crippen LogP contribution in [0.4, 0.5) is 18.9 Å². The number of carbonyl (C=O) groups excluding carboxylic acids is 1. The van der Waals surface area contributed by atoms with E-state index < -0.39 is 12.4 Å². The van der Waals surface area contributed by atoms with Crippen molar-refractivity contribution in [1.29, 1.82) is 0 Å². The average molecular weight is 290 g/mol. The number of hydrogen-bond donors (Lipinski definition) is 2. The number of carbonyl (C=O) groups is 1. The Morgan fingerprint density at radius 3 is 2.30 bits per heavy atom. The molecule has 0 aliphatic carbocycles. The number of nitrogens with one attached hydrogen (secondary N) is 1. The Morgan fingerprint density at radius 2 is 1.85 bits per heavy atom. The standard InChI is InChI=1S/C13H17F3N2O2/c1-8(2)7-11(17)12(19)18-9-3-5-10(6-4-9)20-13(14,15)16/h3-6,8,11H,7,17H2,1-2H3,(H,18,19)/t11-/m0/s1. The summed E-state index contributed by atoms with van der Waals surface area (Å²) in [5.74, 6) is -0.441. The highest BCUT2D eigenvalue weighted by Gasteiger charge is 2.30. The summed E-state index contributed by atoms with van der Waals surface area (Å²) < 4.78 is 39.6. The lowest BCUT2D eigenvalue weighted by atomic mass is 10.0. The van der Waals surface area contributed by atoms with Crippen molar-refractivity contribution in [3.63, 3.8) is 0 Å². The van der Waals surface area contributed by atoms with E-state index in [1.54, 1.807) is 0 Å². The lowest BCUT2D eigenvalue weighted by molar-refractivity contribution is -0.274. The lowest BCUT2D eigenvalue weighted by Gasteiger charge is -2.14. The van der Waals surface area contributed by atoms with Crippen LogP contribution < -0.4 is 15.8 Å². The van der Waals surface area contributed by atoms with Crippen molar-refractivity contribution in [2.45, 2.75) is 32.7 Å². The van der Waals surface area contributed by atoms with Crippen LogP contribution in [0, 0.1) is 5.92 Å². The molecule has 0 saturated heterocycles. The molecule has 0 aliphatic heterocycles. The van der Waals surface area contributed by atoms with Crippen molar-refractivity contribution in [1.82, 2.24) is 0 Å². The summed E-state index contributed by atoms with van der Waals surface area (Å²) >= 11 is 0. The van der Waals surface area contributed by atoms with E-state index in [0.717, 1.165) is 12.1 Å². The fourth-order valence-corrected chi connectivity index (χ4v) is 1.59. The fraction of sp³-hybridized carbons (Fsp3) is 0.462. The van der Waals surface area contributed by atoms with Gasteiger partial charge in [-0.1, -0.05) is 13.8 Å². The highest BCUT2D eigenvalue weighted by atomic mass is 19.4. The summed E-state index contributed by atoms with van der Waals surface area (Å²) in [6, 6.07) is 4.23. The molecule has 0 saturated carbocycles. The summed E-state index contributed by atoms with van der Waals surface area (Å²) in [5.41, 5.74) is 6.06. The number of amides is 1. The predicted octanol–water partition coefficient (Wildman–Crippen LogP) is 2.90. The highest BCUT2D eigenvalue weighted by molar-refractivity contribution is 5.94. The van der Waals surface area contributed by atoms with Crippen LogP contribution in [0.2, 0.25) is 0 Å². The predicted molar refractivity (Wildman–Crippen MR) is 69.2 cm³/mol. The van der Waals surface area contributed by atoms with Gasteiger partial charge >= 0.3 is 6.36 Å². The molecule has 0 fully saturated rings. The second-order valence-corrected chi connectivity index (χ2v) is 4.80. The molecular formula is C13H17F3N2O2. The van der Waals surface area contributed by atoms with Crippen LogP contribution in [-0.4, -0.2) is 18.3 Å². The molecule has 0 heterocycles. The van der Waals surface area contributed by atoms with E-state index in [0.29, 0.717) is 12.1 Å². The van der Waals surface area contributed by atoms with Crippen molar-refractivity contribution in [3.8, 4) is 5.75 Å². The summed E-state index contributed by atoms with van der Waals surface area (Å²) in [6.45, 7) is 3.88. The van der Waals surface area contributed by atoms with Gasteiger partial charge in [-0.05, 0) is 36.6 Å². The van der Waals surface area contributed by atoms with Crippen molar-refractivity contribution < 1.29 is 22.7 Å². The smallest absolute Gasteiger partial charge is 0.406 e. The number of anilines is 1. The minimum absolute atomic E-state index is 0.276. The van der Waals surface area contributed by atoms with Crippen LogP contribution in [0.1, 0.15) is 20.3 Å². The van der Waals surface area contributed by atoms with E-state index in [1.165, 1.54) is 12.1 Å². The molecule has 0 aromatic heterocycles. The molecule has 1 rings (SSSR count). The third-order valence-electron chi connectivity index (χ3n) is 2.42. The van der Waals surface area contributed by atoms with Gasteiger partial charge in [0, 0.05) is 5.69 Å². The molecule has 0 aliphatic rings. The first kappa shape index (κ1) is 16.3. The molecule has 1 aromatic rings. The third kappa shape index (κ3) is 5.92. The summed E-state index contributed by atoms with van der Waals surface area (Å²) in [5, 5.41) is 2.54. The van der Waals surface area contributed by atoms with E-state index in [9.17, 15) is 18.0 Å². The molecular weight excluding hydrogens is 273 g/mol. The van der Waals surface area contributed by atoms with Gasteiger partial charge in [0.15, 0.2) is 0 Å². The maximum Gasteiger partial charge on any atom is 0.573 e. The summed E-state index contributed by atoms with van der Waals surface area (Å²) in [4.78, 5) is 11.7. The van der Waals surface area contributed by atoms with Gasteiger partial charge in [0.25, 0.3) is 0 Å². The molecule has 0 unspecified atom stereocenters. The maximum atomic E-state index is 12.0. The number of rotatable bonds is 5. The summed E-state index contributed by atoms with van der Waals surface area (Å²) in [6.07, 6.45) is -4.20. The Kier molecular flexibility index (Phi) is 5.38. The van der Waals surface area contributed by atoms with E-state index in [-0.39, 0.29) is 17.6 Å². The SMILES string of the molecule is CC(C)C[C@H](N)C(=O)Nc1ccc(OC(F)(F)F)cc1. The zero-order chi connectivity index (χ0) is 15.3. The molecule has 20 heavy (non-hydrogen) atoms. The number of nitrogens with two attached hydrogens (primary N) is 1. The van der Waals surface area contributed by atoms with Crippen molar-refractivity contribution in [3.05, 3.63) is 24.3 Å².